The van der Waals surface area contributed by atoms with Crippen LogP contribution < -0.4 is 15.4 Å². The lowest BCUT2D eigenvalue weighted by Crippen LogP contribution is -2.43. The first kappa shape index (κ1) is 211. The van der Waals surface area contributed by atoms with Crippen LogP contribution in [-0.4, -0.2) is 66.8 Å². The lowest BCUT2D eigenvalue weighted by atomic mass is 10.1. The molecule has 0 fully saturated rings. The number of nitrogens with one attached hydrogen (secondary N) is 2. The van der Waals surface area contributed by atoms with Gasteiger partial charge in [-0.1, -0.05) is 454 Å². The molecule has 2 amide bonds. The third kappa shape index (κ3) is 284. The van der Waals surface area contributed by atoms with Gasteiger partial charge in [0.15, 0.2) is 0 Å². The van der Waals surface area contributed by atoms with E-state index in [1.807, 2.05) is 433 Å². The molecule has 2 N–H and O–H groups in total. The van der Waals surface area contributed by atoms with Crippen LogP contribution in [-0.2, 0) is 18.1 Å². The Morgan fingerprint density at radius 2 is 0.526 bits per heavy atom. The van der Waals surface area contributed by atoms with Gasteiger partial charge in [0, 0.05) is 58.7 Å². The number of para-hydroxylation sites is 1. The summed E-state index contributed by atoms with van der Waals surface area (Å²) in [7, 11) is 2.23. The van der Waals surface area contributed by atoms with E-state index in [9.17, 15) is 14.4 Å². The molecule has 2 aromatic carbocycles. The van der Waals surface area contributed by atoms with E-state index in [4.69, 9.17) is 18.0 Å². The minimum Gasteiger partial charge on any atom is -0.426 e. The SMILES string of the molecule is C.C.C.CC.CC.CC.CC.CC.CC.CC.CC.CC.CC.CC.CC.CC.CC.CC.CC.CC.CC.CC.CC.CC.CC.CC.CC.CC.CC.CC.CC.CC.CC(=O)Oc1ccccc1C(=O)NCCS.CO[Si](CCCNC(=O)c1ccccc1C)(OC)OC. The normalized spacial score (nSPS) is 5.73. The highest BCUT2D eigenvalue weighted by Gasteiger charge is 2.36. The molecule has 0 aliphatic heterocycles. The van der Waals surface area contributed by atoms with Gasteiger partial charge in [-0.25, -0.2) is 0 Å². The van der Waals surface area contributed by atoms with Crippen LogP contribution in [0.3, 0.4) is 0 Å². The van der Waals surface area contributed by atoms with Crippen molar-refractivity contribution in [1.82, 2.24) is 10.6 Å². The van der Waals surface area contributed by atoms with Gasteiger partial charge in [0.25, 0.3) is 11.8 Å². The van der Waals surface area contributed by atoms with Crippen LogP contribution in [0.15, 0.2) is 48.5 Å². The highest BCUT2D eigenvalue weighted by molar-refractivity contribution is 7.80. The molecule has 0 aliphatic carbocycles. The number of ether oxygens (including phenoxy) is 1. The number of amides is 2. The summed E-state index contributed by atoms with van der Waals surface area (Å²) in [6.07, 6.45) is 0.749. The molecule has 0 aliphatic rings. The van der Waals surface area contributed by atoms with Gasteiger partial charge < -0.3 is 28.6 Å². The Balaban J connectivity index is -0.0000000165. The van der Waals surface area contributed by atoms with Gasteiger partial charge in [0.2, 0.25) is 0 Å². The van der Waals surface area contributed by atoms with Crippen molar-refractivity contribution in [2.45, 2.75) is 450 Å². The smallest absolute Gasteiger partial charge is 0.426 e. The number of rotatable bonds is 12. The monoisotopic (exact) mass is 1460 g/mol. The second kappa shape index (κ2) is 424. The number of carbonyl (C=O) groups excluding carboxylic acids is 3. The molecule has 11 heteroatoms. The number of hydrogen-bond acceptors (Lipinski definition) is 8. The standard InChI is InChI=1S/C14H23NO4Si.C11H13NO3S.29C2H6.3CH4/c1-12-8-5-6-9-13(12)14(16)15-10-7-11-20(17-2,18-3)19-4;1-8(13)15-10-5-3-2-4-9(10)11(14)12-6-7-16;29*1-2;;;/h5-6,8-9H,7,10-11H2,1-4H3,(H,15,16);2-5,16H,6-7H2,1H3,(H,12,14);29*1-2H3;3*1H4. The Kier molecular flexibility index (Phi) is 924. The van der Waals surface area contributed by atoms with Crippen LogP contribution in [0, 0.1) is 6.92 Å². The molecule has 97 heavy (non-hydrogen) atoms. The maximum atomic E-state index is 12.0. The lowest BCUT2D eigenvalue weighted by molar-refractivity contribution is -0.131. The van der Waals surface area contributed by atoms with Crippen LogP contribution in [0.1, 0.15) is 463 Å². The van der Waals surface area contributed by atoms with Crippen molar-refractivity contribution in [3.8, 4) is 5.75 Å². The Bertz CT molecular complexity index is 996. The van der Waals surface area contributed by atoms with Crippen LogP contribution in [0.5, 0.6) is 5.75 Å². The average molecular weight is 1460 g/mol. The Labute approximate surface area is 640 Å². The molecule has 0 saturated heterocycles. The molecule has 0 saturated carbocycles. The Morgan fingerprint density at radius 3 is 0.732 bits per heavy atom. The minimum atomic E-state index is -2.53. The third-order valence-electron chi connectivity index (χ3n) is 5.05. The van der Waals surface area contributed by atoms with Crippen LogP contribution in [0.2, 0.25) is 6.04 Å². The van der Waals surface area contributed by atoms with Crippen molar-refractivity contribution in [1.29, 1.82) is 0 Å². The number of carbonyl (C=O) groups is 3. The van der Waals surface area contributed by atoms with E-state index in [0.717, 1.165) is 12.0 Å². The van der Waals surface area contributed by atoms with Gasteiger partial charge in [-0.2, -0.15) is 12.6 Å². The van der Waals surface area contributed by atoms with Crippen molar-refractivity contribution in [3.63, 3.8) is 0 Å². The van der Waals surface area contributed by atoms with Gasteiger partial charge in [-0.15, -0.1) is 0 Å². The molecule has 2 rings (SSSR count). The molecule has 0 bridgehead atoms. The molecule has 0 spiro atoms. The van der Waals surface area contributed by atoms with E-state index in [-0.39, 0.29) is 39.8 Å². The van der Waals surface area contributed by atoms with Crippen molar-refractivity contribution in [3.05, 3.63) is 65.2 Å². The Morgan fingerprint density at radius 1 is 0.330 bits per heavy atom. The second-order valence-corrected chi connectivity index (χ2v) is 11.1. The van der Waals surface area contributed by atoms with Crippen LogP contribution in [0.4, 0.5) is 0 Å². The number of esters is 1. The molecule has 628 valence electrons. The summed E-state index contributed by atoms with van der Waals surface area (Å²) in [6.45, 7) is 120. The third-order valence-corrected chi connectivity index (χ3v) is 8.11. The first-order valence-electron chi connectivity index (χ1n) is 40.4. The van der Waals surface area contributed by atoms with E-state index in [0.29, 0.717) is 36.0 Å². The minimum absolute atomic E-state index is 0. The average Bonchev–Trinajstić information content (AvgIpc) is 3.42. The highest BCUT2D eigenvalue weighted by Crippen LogP contribution is 2.18. The summed E-state index contributed by atoms with van der Waals surface area (Å²) in [5.74, 6) is 0.0520. The second-order valence-electron chi connectivity index (χ2n) is 7.54. The maximum Gasteiger partial charge on any atom is 0.500 e. The molecule has 0 heterocycles. The zero-order chi connectivity index (χ0) is 85.0. The van der Waals surface area contributed by atoms with Crippen molar-refractivity contribution in [2.24, 2.45) is 0 Å². The predicted molar refractivity (Wildman–Crippen MR) is 493 cm³/mol. The van der Waals surface area contributed by atoms with E-state index in [1.54, 1.807) is 45.6 Å². The molecular formula is C86H222N2O7SSi. The topological polar surface area (TPSA) is 112 Å². The molecular weight excluding hydrogens is 1230 g/mol. The van der Waals surface area contributed by atoms with Crippen molar-refractivity contribution in [2.75, 3.05) is 40.2 Å². The molecule has 0 unspecified atom stereocenters. The van der Waals surface area contributed by atoms with Crippen molar-refractivity contribution >= 4 is 39.2 Å². The number of aryl methyl sites for hydroxylation is 1. The maximum absolute atomic E-state index is 12.0. The molecule has 0 radical (unpaired) electrons. The summed E-state index contributed by atoms with van der Waals surface area (Å²) in [5.41, 5.74) is 2.03. The van der Waals surface area contributed by atoms with E-state index < -0.39 is 14.8 Å². The molecule has 0 aromatic heterocycles. The fraction of sp³-hybridized carbons (Fsp3) is 0.826. The first-order chi connectivity index (χ1) is 46.2. The van der Waals surface area contributed by atoms with Crippen LogP contribution in [0.25, 0.3) is 0 Å². The fourth-order valence-electron chi connectivity index (χ4n) is 3.15. The predicted octanol–water partition coefficient (Wildman–Crippen LogP) is 34.9. The van der Waals surface area contributed by atoms with E-state index >= 15 is 0 Å². The summed E-state index contributed by atoms with van der Waals surface area (Å²) < 4.78 is 20.9. The number of thiol groups is 1. The summed E-state index contributed by atoms with van der Waals surface area (Å²) in [4.78, 5) is 34.5. The van der Waals surface area contributed by atoms with Crippen molar-refractivity contribution < 1.29 is 32.4 Å². The molecule has 9 nitrogen and oxygen atoms in total. The zero-order valence-corrected chi connectivity index (χ0v) is 81.4. The summed E-state index contributed by atoms with van der Waals surface area (Å²) in [6, 6.07) is 14.8. The molecule has 0 atom stereocenters. The largest absolute Gasteiger partial charge is 0.500 e. The Hall–Kier alpha value is -2.70. The number of hydrogen-bond donors (Lipinski definition) is 3. The lowest BCUT2D eigenvalue weighted by Gasteiger charge is -2.24. The number of benzene rings is 2. The van der Waals surface area contributed by atoms with Gasteiger partial charge in [0.05, 0.1) is 5.56 Å². The van der Waals surface area contributed by atoms with Gasteiger partial charge >= 0.3 is 14.8 Å². The zero-order valence-electron chi connectivity index (χ0n) is 79.5. The summed E-state index contributed by atoms with van der Waals surface area (Å²) in [5, 5.41) is 5.56. The van der Waals surface area contributed by atoms with Gasteiger partial charge in [-0.05, 0) is 37.1 Å². The van der Waals surface area contributed by atoms with Gasteiger partial charge in [0.1, 0.15) is 5.75 Å². The summed E-state index contributed by atoms with van der Waals surface area (Å²) >= 11 is 3.99. The van der Waals surface area contributed by atoms with E-state index in [1.165, 1.54) is 6.92 Å². The first-order valence-corrected chi connectivity index (χ1v) is 43.0. The van der Waals surface area contributed by atoms with Crippen LogP contribution >= 0.6 is 12.6 Å². The van der Waals surface area contributed by atoms with Gasteiger partial charge in [-0.3, -0.25) is 14.4 Å². The van der Waals surface area contributed by atoms with E-state index in [2.05, 4.69) is 23.3 Å². The quantitative estimate of drug-likeness (QED) is 0.0638. The molecule has 2 aromatic rings. The highest BCUT2D eigenvalue weighted by atomic mass is 32.1. The fourth-order valence-corrected chi connectivity index (χ4v) is 4.98.